The third-order valence-electron chi connectivity index (χ3n) is 5.05. The summed E-state index contributed by atoms with van der Waals surface area (Å²) >= 11 is 0. The maximum Gasteiger partial charge on any atom is 0.416 e. The molecular weight excluding hydrogens is 355 g/mol. The standard InChI is InChI=1S/C19H20F3N5/c1-13-9-17(27-18(25-13)23-12-24-27)15-6-4-8-26(11-15)10-14-5-2-3-7-16(14)19(20,21)22/h2-3,5,7,9,12,15H,4,6,8,10-11H2,1H3. The van der Waals surface area contributed by atoms with Gasteiger partial charge in [0.15, 0.2) is 0 Å². The number of hydrogen-bond acceptors (Lipinski definition) is 4. The number of aryl methyl sites for hydroxylation is 1. The molecule has 142 valence electrons. The molecule has 1 saturated heterocycles. The molecule has 5 nitrogen and oxygen atoms in total. The van der Waals surface area contributed by atoms with Crippen LogP contribution in [0.1, 0.15) is 41.3 Å². The lowest BCUT2D eigenvalue weighted by Crippen LogP contribution is -2.35. The third-order valence-corrected chi connectivity index (χ3v) is 5.05. The molecule has 1 fully saturated rings. The van der Waals surface area contributed by atoms with Gasteiger partial charge in [0.2, 0.25) is 0 Å². The molecule has 0 amide bonds. The molecular formula is C19H20F3N5. The first-order valence-corrected chi connectivity index (χ1v) is 8.96. The number of fused-ring (bicyclic) bond motifs is 1. The van der Waals surface area contributed by atoms with Crippen molar-refractivity contribution in [3.05, 3.63) is 59.2 Å². The Labute approximate surface area is 154 Å². The molecule has 0 bridgehead atoms. The van der Waals surface area contributed by atoms with Crippen molar-refractivity contribution >= 4 is 5.78 Å². The van der Waals surface area contributed by atoms with Crippen LogP contribution >= 0.6 is 0 Å². The highest BCUT2D eigenvalue weighted by atomic mass is 19.4. The van der Waals surface area contributed by atoms with Crippen LogP contribution in [0.3, 0.4) is 0 Å². The molecule has 0 saturated carbocycles. The van der Waals surface area contributed by atoms with Gasteiger partial charge in [0.05, 0.1) is 11.3 Å². The van der Waals surface area contributed by atoms with E-state index in [4.69, 9.17) is 0 Å². The van der Waals surface area contributed by atoms with Gasteiger partial charge in [-0.3, -0.25) is 4.90 Å². The van der Waals surface area contributed by atoms with Crippen LogP contribution in [0.25, 0.3) is 5.78 Å². The van der Waals surface area contributed by atoms with Crippen molar-refractivity contribution in [2.45, 2.75) is 38.4 Å². The maximum atomic E-state index is 13.3. The van der Waals surface area contributed by atoms with Crippen LogP contribution in [0.4, 0.5) is 13.2 Å². The first kappa shape index (κ1) is 17.9. The number of likely N-dealkylation sites (tertiary alicyclic amines) is 1. The van der Waals surface area contributed by atoms with Crippen molar-refractivity contribution in [1.82, 2.24) is 24.5 Å². The highest BCUT2D eigenvalue weighted by molar-refractivity contribution is 5.32. The summed E-state index contributed by atoms with van der Waals surface area (Å²) in [4.78, 5) is 10.6. The molecule has 1 aliphatic heterocycles. The lowest BCUT2D eigenvalue weighted by molar-refractivity contribution is -0.138. The molecule has 3 aromatic rings. The SMILES string of the molecule is Cc1cc(C2CCCN(Cc3ccccc3C(F)(F)F)C2)n2ncnc2n1. The summed E-state index contributed by atoms with van der Waals surface area (Å²) in [5.74, 6) is 0.743. The van der Waals surface area contributed by atoms with Crippen molar-refractivity contribution in [2.24, 2.45) is 0 Å². The van der Waals surface area contributed by atoms with Crippen molar-refractivity contribution < 1.29 is 13.2 Å². The molecule has 3 heterocycles. The number of halogens is 3. The Bertz CT molecular complexity index is 950. The summed E-state index contributed by atoms with van der Waals surface area (Å²) < 4.78 is 41.6. The number of aromatic nitrogens is 4. The van der Waals surface area contributed by atoms with Gasteiger partial charge in [0.1, 0.15) is 6.33 Å². The van der Waals surface area contributed by atoms with E-state index in [1.165, 1.54) is 12.4 Å². The molecule has 1 aromatic carbocycles. The number of hydrogen-bond donors (Lipinski definition) is 0. The van der Waals surface area contributed by atoms with E-state index in [2.05, 4.69) is 20.0 Å². The van der Waals surface area contributed by atoms with E-state index in [0.717, 1.165) is 36.8 Å². The highest BCUT2D eigenvalue weighted by Crippen LogP contribution is 2.34. The van der Waals surface area contributed by atoms with E-state index < -0.39 is 11.7 Å². The Morgan fingerprint density at radius 3 is 2.85 bits per heavy atom. The fraction of sp³-hybridized carbons (Fsp3) is 0.421. The molecule has 27 heavy (non-hydrogen) atoms. The second-order valence-electron chi connectivity index (χ2n) is 7.02. The summed E-state index contributed by atoms with van der Waals surface area (Å²) in [5.41, 5.74) is 1.65. The Morgan fingerprint density at radius 2 is 2.04 bits per heavy atom. The lowest BCUT2D eigenvalue weighted by atomic mass is 9.93. The predicted octanol–water partition coefficient (Wildman–Crippen LogP) is 3.83. The lowest BCUT2D eigenvalue weighted by Gasteiger charge is -2.33. The van der Waals surface area contributed by atoms with E-state index in [-0.39, 0.29) is 12.5 Å². The van der Waals surface area contributed by atoms with Gasteiger partial charge >= 0.3 is 6.18 Å². The summed E-state index contributed by atoms with van der Waals surface area (Å²) in [6.07, 6.45) is -0.960. The van der Waals surface area contributed by atoms with Crippen LogP contribution in [-0.4, -0.2) is 37.6 Å². The molecule has 0 radical (unpaired) electrons. The number of rotatable bonds is 3. The monoisotopic (exact) mass is 375 g/mol. The smallest absolute Gasteiger partial charge is 0.298 e. The Kier molecular flexibility index (Phi) is 4.59. The molecule has 1 unspecified atom stereocenters. The molecule has 1 aliphatic rings. The molecule has 1 atom stereocenters. The zero-order chi connectivity index (χ0) is 19.0. The van der Waals surface area contributed by atoms with E-state index in [0.29, 0.717) is 17.9 Å². The fourth-order valence-corrected chi connectivity index (χ4v) is 3.87. The largest absolute Gasteiger partial charge is 0.416 e. The van der Waals surface area contributed by atoms with Crippen LogP contribution in [0.15, 0.2) is 36.7 Å². The second kappa shape index (κ2) is 6.92. The number of nitrogens with zero attached hydrogens (tertiary/aromatic N) is 5. The van der Waals surface area contributed by atoms with Gasteiger partial charge in [0, 0.05) is 24.7 Å². The minimum absolute atomic E-state index is 0.183. The third kappa shape index (κ3) is 3.66. The quantitative estimate of drug-likeness (QED) is 0.698. The normalized spacial score (nSPS) is 18.9. The molecule has 0 N–H and O–H groups in total. The fourth-order valence-electron chi connectivity index (χ4n) is 3.87. The van der Waals surface area contributed by atoms with Crippen LogP contribution in [0, 0.1) is 6.92 Å². The minimum Gasteiger partial charge on any atom is -0.298 e. The Balaban J connectivity index is 1.58. The molecule has 4 rings (SSSR count). The van der Waals surface area contributed by atoms with Crippen LogP contribution < -0.4 is 0 Å². The van der Waals surface area contributed by atoms with Gasteiger partial charge in [0.25, 0.3) is 5.78 Å². The number of benzene rings is 1. The summed E-state index contributed by atoms with van der Waals surface area (Å²) in [6.45, 7) is 3.67. The van der Waals surface area contributed by atoms with Gasteiger partial charge in [-0.1, -0.05) is 18.2 Å². The number of alkyl halides is 3. The molecule has 2 aromatic heterocycles. The first-order valence-electron chi connectivity index (χ1n) is 8.96. The zero-order valence-corrected chi connectivity index (χ0v) is 14.9. The van der Waals surface area contributed by atoms with Gasteiger partial charge in [-0.15, -0.1) is 0 Å². The van der Waals surface area contributed by atoms with Gasteiger partial charge in [-0.25, -0.2) is 9.50 Å². The first-order chi connectivity index (χ1) is 12.9. The van der Waals surface area contributed by atoms with Crippen molar-refractivity contribution in [2.75, 3.05) is 13.1 Å². The predicted molar refractivity (Wildman–Crippen MR) is 94.2 cm³/mol. The van der Waals surface area contributed by atoms with Crippen LogP contribution in [0.5, 0.6) is 0 Å². The average Bonchev–Trinajstić information content (AvgIpc) is 3.09. The second-order valence-corrected chi connectivity index (χ2v) is 7.02. The maximum absolute atomic E-state index is 13.3. The summed E-state index contributed by atoms with van der Waals surface area (Å²) in [7, 11) is 0. The molecule has 0 aliphatic carbocycles. The van der Waals surface area contributed by atoms with E-state index in [1.807, 2.05) is 13.0 Å². The van der Waals surface area contributed by atoms with E-state index in [9.17, 15) is 13.2 Å². The van der Waals surface area contributed by atoms with Crippen molar-refractivity contribution in [1.29, 1.82) is 0 Å². The van der Waals surface area contributed by atoms with Gasteiger partial charge in [-0.05, 0) is 44.0 Å². The minimum atomic E-state index is -4.33. The van der Waals surface area contributed by atoms with Gasteiger partial charge < -0.3 is 0 Å². The summed E-state index contributed by atoms with van der Waals surface area (Å²) in [5, 5.41) is 4.27. The topological polar surface area (TPSA) is 46.3 Å². The highest BCUT2D eigenvalue weighted by Gasteiger charge is 2.34. The average molecular weight is 375 g/mol. The molecule has 8 heteroatoms. The Hall–Kier alpha value is -2.48. The van der Waals surface area contributed by atoms with E-state index in [1.54, 1.807) is 16.6 Å². The van der Waals surface area contributed by atoms with Gasteiger partial charge in [-0.2, -0.15) is 23.3 Å². The number of piperidine rings is 1. The Morgan fingerprint density at radius 1 is 1.22 bits per heavy atom. The van der Waals surface area contributed by atoms with E-state index >= 15 is 0 Å². The molecule has 0 spiro atoms. The van der Waals surface area contributed by atoms with Crippen LogP contribution in [0.2, 0.25) is 0 Å². The van der Waals surface area contributed by atoms with Crippen molar-refractivity contribution in [3.63, 3.8) is 0 Å². The van der Waals surface area contributed by atoms with Crippen molar-refractivity contribution in [3.8, 4) is 0 Å². The van der Waals surface area contributed by atoms with Crippen LogP contribution in [-0.2, 0) is 12.7 Å². The summed E-state index contributed by atoms with van der Waals surface area (Å²) in [6, 6.07) is 7.82. The zero-order valence-electron chi connectivity index (χ0n) is 14.9.